The number of aryl methyl sites for hydroxylation is 1. The van der Waals surface area contributed by atoms with Gasteiger partial charge in [-0.1, -0.05) is 17.3 Å². The number of likely N-dealkylation sites (N-methyl/N-ethyl adjacent to an activating group) is 1. The largest absolute Gasteiger partial charge is 0.360 e. The number of sulfonamides is 1. The number of rotatable bonds is 5. The number of halogens is 1. The first-order valence-electron chi connectivity index (χ1n) is 6.25. The lowest BCUT2D eigenvalue weighted by molar-refractivity contribution is -0.116. The minimum Gasteiger partial charge on any atom is -0.360 e. The number of nitrogens with one attached hydrogen (secondary N) is 1. The molecule has 1 N–H and O–H groups in total. The van der Waals surface area contributed by atoms with Crippen molar-refractivity contribution < 1.29 is 22.1 Å². The molecule has 2 aromatic rings. The zero-order valence-electron chi connectivity index (χ0n) is 11.9. The first kappa shape index (κ1) is 16.1. The molecule has 0 spiro atoms. The Hall–Kier alpha value is -2.26. The van der Waals surface area contributed by atoms with Crippen molar-refractivity contribution in [3.05, 3.63) is 41.9 Å². The van der Waals surface area contributed by atoms with Crippen molar-refractivity contribution in [1.29, 1.82) is 0 Å². The average Bonchev–Trinajstić information content (AvgIpc) is 2.84. The van der Waals surface area contributed by atoms with E-state index in [0.717, 1.165) is 16.4 Å². The van der Waals surface area contributed by atoms with E-state index in [1.54, 1.807) is 6.92 Å². The van der Waals surface area contributed by atoms with Crippen LogP contribution in [0, 0.1) is 12.7 Å². The monoisotopic (exact) mass is 327 g/mol. The van der Waals surface area contributed by atoms with E-state index in [0.29, 0.717) is 5.76 Å². The number of anilines is 1. The number of carbonyl (C=O) groups excluding carboxylic acids is 1. The fourth-order valence-corrected chi connectivity index (χ4v) is 2.90. The van der Waals surface area contributed by atoms with Crippen molar-refractivity contribution in [2.24, 2.45) is 0 Å². The Morgan fingerprint density at radius 3 is 2.68 bits per heavy atom. The molecule has 0 saturated carbocycles. The van der Waals surface area contributed by atoms with Gasteiger partial charge < -0.3 is 9.84 Å². The molecule has 118 valence electrons. The molecule has 1 amide bonds. The summed E-state index contributed by atoms with van der Waals surface area (Å²) in [5.41, 5.74) is 0. The third-order valence-corrected chi connectivity index (χ3v) is 4.62. The number of aromatic nitrogens is 1. The van der Waals surface area contributed by atoms with E-state index in [1.807, 2.05) is 0 Å². The molecule has 0 radical (unpaired) electrons. The Bertz CT molecular complexity index is 788. The maximum atomic E-state index is 13.6. The minimum absolute atomic E-state index is 0.180. The van der Waals surface area contributed by atoms with Crippen LogP contribution in [-0.4, -0.2) is 37.4 Å². The number of benzene rings is 1. The standard InChI is InChI=1S/C13H14FN3O4S/c1-9-7-12(16-21-9)15-13(18)8-17(2)22(19,20)11-6-4-3-5-10(11)14/h3-7H,8H2,1-2H3,(H,15,16,18). The van der Waals surface area contributed by atoms with Gasteiger partial charge >= 0.3 is 0 Å². The predicted octanol–water partition coefficient (Wildman–Crippen LogP) is 1.38. The van der Waals surface area contributed by atoms with E-state index in [1.165, 1.54) is 25.2 Å². The van der Waals surface area contributed by atoms with Crippen LogP contribution in [0.15, 0.2) is 39.8 Å². The third-order valence-electron chi connectivity index (χ3n) is 2.79. The van der Waals surface area contributed by atoms with Crippen LogP contribution in [0.1, 0.15) is 5.76 Å². The molecule has 22 heavy (non-hydrogen) atoms. The molecule has 0 aliphatic heterocycles. The van der Waals surface area contributed by atoms with Gasteiger partial charge in [0.1, 0.15) is 16.5 Å². The van der Waals surface area contributed by atoms with Crippen LogP contribution in [0.3, 0.4) is 0 Å². The lowest BCUT2D eigenvalue weighted by Crippen LogP contribution is -2.35. The van der Waals surface area contributed by atoms with Crippen LogP contribution in [0.5, 0.6) is 0 Å². The van der Waals surface area contributed by atoms with Crippen molar-refractivity contribution in [2.45, 2.75) is 11.8 Å². The molecule has 0 saturated heterocycles. The molecule has 0 atom stereocenters. The maximum absolute atomic E-state index is 13.6. The molecule has 0 aliphatic rings. The summed E-state index contributed by atoms with van der Waals surface area (Å²) >= 11 is 0. The van der Waals surface area contributed by atoms with Crippen molar-refractivity contribution >= 4 is 21.7 Å². The van der Waals surface area contributed by atoms with Crippen LogP contribution >= 0.6 is 0 Å². The normalized spacial score (nSPS) is 11.6. The Morgan fingerprint density at radius 1 is 1.41 bits per heavy atom. The summed E-state index contributed by atoms with van der Waals surface area (Å²) in [5.74, 6) is -0.806. The molecule has 0 aliphatic carbocycles. The molecule has 0 unspecified atom stereocenters. The highest BCUT2D eigenvalue weighted by atomic mass is 32.2. The van der Waals surface area contributed by atoms with Gasteiger partial charge in [-0.2, -0.15) is 4.31 Å². The smallest absolute Gasteiger partial charge is 0.246 e. The number of amides is 1. The van der Waals surface area contributed by atoms with Gasteiger partial charge in [-0.25, -0.2) is 12.8 Å². The second-order valence-electron chi connectivity index (χ2n) is 4.56. The molecule has 2 rings (SSSR count). The average molecular weight is 327 g/mol. The van der Waals surface area contributed by atoms with Crippen molar-refractivity contribution in [1.82, 2.24) is 9.46 Å². The van der Waals surface area contributed by atoms with Crippen LogP contribution in [0.25, 0.3) is 0 Å². The number of nitrogens with zero attached hydrogens (tertiary/aromatic N) is 2. The predicted molar refractivity (Wildman–Crippen MR) is 76.1 cm³/mol. The summed E-state index contributed by atoms with van der Waals surface area (Å²) in [5, 5.41) is 5.95. The van der Waals surface area contributed by atoms with E-state index in [2.05, 4.69) is 10.5 Å². The van der Waals surface area contributed by atoms with Crippen LogP contribution < -0.4 is 5.32 Å². The van der Waals surface area contributed by atoms with Gasteiger partial charge in [0.05, 0.1) is 6.54 Å². The molecule has 0 fully saturated rings. The maximum Gasteiger partial charge on any atom is 0.246 e. The molecule has 1 aromatic heterocycles. The lowest BCUT2D eigenvalue weighted by Gasteiger charge is -2.16. The molecule has 9 heteroatoms. The fourth-order valence-electron chi connectivity index (χ4n) is 1.72. The lowest BCUT2D eigenvalue weighted by atomic mass is 10.4. The Balaban J connectivity index is 2.09. The summed E-state index contributed by atoms with van der Waals surface area (Å²) < 4.78 is 43.6. The second kappa shape index (κ2) is 6.24. The first-order chi connectivity index (χ1) is 10.3. The van der Waals surface area contributed by atoms with E-state index in [-0.39, 0.29) is 5.82 Å². The van der Waals surface area contributed by atoms with Gasteiger partial charge in [-0.3, -0.25) is 4.79 Å². The number of hydrogen-bond donors (Lipinski definition) is 1. The zero-order valence-corrected chi connectivity index (χ0v) is 12.7. The van der Waals surface area contributed by atoms with Gasteiger partial charge in [-0.15, -0.1) is 0 Å². The van der Waals surface area contributed by atoms with E-state index in [9.17, 15) is 17.6 Å². The van der Waals surface area contributed by atoms with Gasteiger partial charge in [0.25, 0.3) is 0 Å². The molecule has 1 heterocycles. The second-order valence-corrected chi connectivity index (χ2v) is 6.58. The van der Waals surface area contributed by atoms with Crippen LogP contribution in [0.2, 0.25) is 0 Å². The van der Waals surface area contributed by atoms with Crippen LogP contribution in [0.4, 0.5) is 10.2 Å². The van der Waals surface area contributed by atoms with Crippen molar-refractivity contribution in [3.63, 3.8) is 0 Å². The van der Waals surface area contributed by atoms with Crippen molar-refractivity contribution in [2.75, 3.05) is 18.9 Å². The highest BCUT2D eigenvalue weighted by Crippen LogP contribution is 2.17. The third kappa shape index (κ3) is 3.49. The molecular formula is C13H14FN3O4S. The quantitative estimate of drug-likeness (QED) is 0.895. The zero-order chi connectivity index (χ0) is 16.3. The highest BCUT2D eigenvalue weighted by molar-refractivity contribution is 7.89. The minimum atomic E-state index is -4.10. The van der Waals surface area contributed by atoms with Crippen LogP contribution in [-0.2, 0) is 14.8 Å². The number of hydrogen-bond acceptors (Lipinski definition) is 5. The first-order valence-corrected chi connectivity index (χ1v) is 7.69. The van der Waals surface area contributed by atoms with E-state index < -0.39 is 33.2 Å². The summed E-state index contributed by atoms with van der Waals surface area (Å²) in [6.45, 7) is 1.17. The summed E-state index contributed by atoms with van der Waals surface area (Å²) in [7, 11) is -2.91. The van der Waals surface area contributed by atoms with E-state index >= 15 is 0 Å². The molecular weight excluding hydrogens is 313 g/mol. The van der Waals surface area contributed by atoms with Crippen molar-refractivity contribution in [3.8, 4) is 0 Å². The Kier molecular flexibility index (Phi) is 4.57. The van der Waals surface area contributed by atoms with Gasteiger partial charge in [0.2, 0.25) is 15.9 Å². The molecule has 1 aromatic carbocycles. The van der Waals surface area contributed by atoms with Gasteiger partial charge in [0, 0.05) is 13.1 Å². The molecule has 7 nitrogen and oxygen atoms in total. The SMILES string of the molecule is Cc1cc(NC(=O)CN(C)S(=O)(=O)c2ccccc2F)no1. The Morgan fingerprint density at radius 2 is 2.09 bits per heavy atom. The summed E-state index contributed by atoms with van der Waals surface area (Å²) in [6, 6.07) is 6.46. The Labute approximate surface area is 126 Å². The van der Waals surface area contributed by atoms with Gasteiger partial charge in [0.15, 0.2) is 5.82 Å². The van der Waals surface area contributed by atoms with E-state index in [4.69, 9.17) is 4.52 Å². The topological polar surface area (TPSA) is 92.5 Å². The molecule has 0 bridgehead atoms. The van der Waals surface area contributed by atoms with Gasteiger partial charge in [-0.05, 0) is 19.1 Å². The summed E-state index contributed by atoms with van der Waals surface area (Å²) in [4.78, 5) is 11.3. The fraction of sp³-hybridized carbons (Fsp3) is 0.231. The number of carbonyl (C=O) groups is 1. The summed E-state index contributed by atoms with van der Waals surface area (Å²) in [6.07, 6.45) is 0. The highest BCUT2D eigenvalue weighted by Gasteiger charge is 2.26.